The third kappa shape index (κ3) is 3.33. The Labute approximate surface area is 190 Å². The fraction of sp³-hybridized carbons (Fsp3) is 0.360. The number of hydrogen-bond donors (Lipinski definition) is 2. The minimum atomic E-state index is -0.667. The highest BCUT2D eigenvalue weighted by Crippen LogP contribution is 2.41. The predicted octanol–water partition coefficient (Wildman–Crippen LogP) is 2.32. The second-order valence-corrected chi connectivity index (χ2v) is 9.10. The molecule has 1 atom stereocenters. The quantitative estimate of drug-likeness (QED) is 0.604. The Hall–Kier alpha value is -3.52. The van der Waals surface area contributed by atoms with Gasteiger partial charge < -0.3 is 5.32 Å². The highest BCUT2D eigenvalue weighted by Gasteiger charge is 2.40. The Kier molecular flexibility index (Phi) is 4.76. The number of carbonyl (C=O) groups is 3. The van der Waals surface area contributed by atoms with Gasteiger partial charge in [-0.2, -0.15) is 5.10 Å². The Morgan fingerprint density at radius 3 is 2.70 bits per heavy atom. The number of nitrogens with one attached hydrogen (secondary N) is 2. The summed E-state index contributed by atoms with van der Waals surface area (Å²) in [6, 6.07) is 9.51. The number of carbonyl (C=O) groups excluding carboxylic acids is 3. The Morgan fingerprint density at radius 2 is 1.88 bits per heavy atom. The molecule has 3 aliphatic heterocycles. The average molecular weight is 444 g/mol. The number of amides is 3. The number of benzene rings is 2. The van der Waals surface area contributed by atoms with Crippen LogP contribution >= 0.6 is 0 Å². The molecule has 2 N–H and O–H groups in total. The summed E-state index contributed by atoms with van der Waals surface area (Å²) in [6.45, 7) is 2.04. The van der Waals surface area contributed by atoms with Crippen LogP contribution in [0.25, 0.3) is 10.8 Å². The molecule has 0 saturated carbocycles. The Balaban J connectivity index is 1.34. The Bertz CT molecular complexity index is 1290. The third-order valence-electron chi connectivity index (χ3n) is 7.07. The first kappa shape index (κ1) is 20.1. The Morgan fingerprint density at radius 1 is 1.03 bits per heavy atom. The maximum absolute atomic E-state index is 13.3. The molecule has 33 heavy (non-hydrogen) atoms. The molecule has 4 heterocycles. The lowest BCUT2D eigenvalue weighted by Gasteiger charge is -2.30. The molecule has 2 saturated heterocycles. The first-order chi connectivity index (χ1) is 16.1. The minimum absolute atomic E-state index is 0.180. The topological polar surface area (TPSA) is 96.3 Å². The molecule has 2 aromatic carbocycles. The fourth-order valence-electron chi connectivity index (χ4n) is 5.42. The lowest BCUT2D eigenvalue weighted by Crippen LogP contribution is -2.53. The number of aromatic nitrogens is 2. The van der Waals surface area contributed by atoms with Gasteiger partial charge in [-0.1, -0.05) is 18.2 Å². The number of nitrogens with zero attached hydrogens (tertiary/aromatic N) is 3. The van der Waals surface area contributed by atoms with Gasteiger partial charge in [-0.3, -0.25) is 29.3 Å². The van der Waals surface area contributed by atoms with Crippen LogP contribution in [0.5, 0.6) is 0 Å². The van der Waals surface area contributed by atoms with Crippen LogP contribution in [0.4, 0.5) is 5.69 Å². The first-order valence-corrected chi connectivity index (χ1v) is 11.6. The first-order valence-electron chi connectivity index (χ1n) is 11.6. The van der Waals surface area contributed by atoms with Gasteiger partial charge in [0.05, 0.1) is 17.9 Å². The van der Waals surface area contributed by atoms with Crippen molar-refractivity contribution in [3.8, 4) is 0 Å². The summed E-state index contributed by atoms with van der Waals surface area (Å²) in [5.74, 6) is -0.873. The molecule has 0 radical (unpaired) electrons. The lowest BCUT2D eigenvalue weighted by atomic mass is 9.97. The molecule has 8 heteroatoms. The zero-order valence-electron chi connectivity index (χ0n) is 18.2. The van der Waals surface area contributed by atoms with Gasteiger partial charge in [-0.15, -0.1) is 0 Å². The van der Waals surface area contributed by atoms with E-state index in [1.54, 1.807) is 4.90 Å². The zero-order valence-corrected chi connectivity index (χ0v) is 18.2. The van der Waals surface area contributed by atoms with Crippen molar-refractivity contribution in [2.75, 3.05) is 18.0 Å². The number of rotatable bonds is 4. The zero-order chi connectivity index (χ0) is 22.5. The van der Waals surface area contributed by atoms with Crippen LogP contribution in [0.3, 0.4) is 0 Å². The minimum Gasteiger partial charge on any atom is -0.317 e. The van der Waals surface area contributed by atoms with Crippen molar-refractivity contribution in [1.29, 1.82) is 0 Å². The van der Waals surface area contributed by atoms with Crippen molar-refractivity contribution >= 4 is 34.2 Å². The molecule has 0 bridgehead atoms. The van der Waals surface area contributed by atoms with Gasteiger partial charge in [0.25, 0.3) is 5.91 Å². The van der Waals surface area contributed by atoms with Crippen LogP contribution in [0.1, 0.15) is 53.2 Å². The van der Waals surface area contributed by atoms with Crippen LogP contribution in [-0.4, -0.2) is 46.6 Å². The van der Waals surface area contributed by atoms with Crippen molar-refractivity contribution in [1.82, 2.24) is 20.4 Å². The number of imide groups is 1. The number of anilines is 1. The summed E-state index contributed by atoms with van der Waals surface area (Å²) in [5.41, 5.74) is 3.62. The van der Waals surface area contributed by atoms with E-state index in [1.807, 2.05) is 36.5 Å². The van der Waals surface area contributed by atoms with E-state index in [0.29, 0.717) is 18.0 Å². The van der Waals surface area contributed by atoms with E-state index in [1.165, 1.54) is 0 Å². The van der Waals surface area contributed by atoms with Crippen LogP contribution in [-0.2, 0) is 16.0 Å². The summed E-state index contributed by atoms with van der Waals surface area (Å²) >= 11 is 0. The van der Waals surface area contributed by atoms with E-state index < -0.39 is 11.9 Å². The van der Waals surface area contributed by atoms with Gasteiger partial charge in [0.1, 0.15) is 6.04 Å². The summed E-state index contributed by atoms with van der Waals surface area (Å²) in [6.07, 6.45) is 7.53. The van der Waals surface area contributed by atoms with Crippen molar-refractivity contribution in [2.24, 2.45) is 0 Å². The molecule has 6 rings (SSSR count). The summed E-state index contributed by atoms with van der Waals surface area (Å²) in [7, 11) is 0. The third-order valence-corrected chi connectivity index (χ3v) is 7.07. The standard InChI is InChI=1S/C25H25N5O3/c31-22-7-6-21(24(32)28-22)30-20-5-4-16(18-2-1-3-19(23(18)20)25(30)33)12-15-13-27-29(14-15)17-8-10-26-11-9-17/h1-5,13-14,17,21,26H,6-12H2,(H,28,31,32). The average Bonchev–Trinajstić information content (AvgIpc) is 3.41. The van der Waals surface area contributed by atoms with Crippen LogP contribution < -0.4 is 15.5 Å². The van der Waals surface area contributed by atoms with E-state index >= 15 is 0 Å². The van der Waals surface area contributed by atoms with Gasteiger partial charge in [-0.05, 0) is 61.0 Å². The van der Waals surface area contributed by atoms with Gasteiger partial charge in [0, 0.05) is 30.0 Å². The smallest absolute Gasteiger partial charge is 0.259 e. The second-order valence-electron chi connectivity index (χ2n) is 9.10. The molecule has 3 aromatic rings. The highest BCUT2D eigenvalue weighted by atomic mass is 16.2. The molecule has 1 unspecified atom stereocenters. The van der Waals surface area contributed by atoms with Crippen molar-refractivity contribution in [3.05, 3.63) is 59.4 Å². The van der Waals surface area contributed by atoms with E-state index in [4.69, 9.17) is 0 Å². The van der Waals surface area contributed by atoms with Crippen LogP contribution in [0, 0.1) is 0 Å². The maximum atomic E-state index is 13.3. The van der Waals surface area contributed by atoms with Gasteiger partial charge >= 0.3 is 0 Å². The number of hydrogen-bond acceptors (Lipinski definition) is 5. The monoisotopic (exact) mass is 443 g/mol. The van der Waals surface area contributed by atoms with E-state index in [-0.39, 0.29) is 18.2 Å². The molecule has 1 aromatic heterocycles. The van der Waals surface area contributed by atoms with Gasteiger partial charge in [0.15, 0.2) is 0 Å². The molecule has 3 amide bonds. The van der Waals surface area contributed by atoms with Crippen molar-refractivity contribution in [3.63, 3.8) is 0 Å². The van der Waals surface area contributed by atoms with Crippen LogP contribution in [0.15, 0.2) is 42.7 Å². The SMILES string of the molecule is O=C1CCC(N2C(=O)c3cccc4c(Cc5cnn(C6CCNCC6)c5)ccc2c34)C(=O)N1. The van der Waals surface area contributed by atoms with Crippen LogP contribution in [0.2, 0.25) is 0 Å². The summed E-state index contributed by atoms with van der Waals surface area (Å²) in [4.78, 5) is 39.0. The van der Waals surface area contributed by atoms with Gasteiger partial charge in [0.2, 0.25) is 11.8 Å². The van der Waals surface area contributed by atoms with Gasteiger partial charge in [-0.25, -0.2) is 0 Å². The molecule has 0 spiro atoms. The molecule has 2 fully saturated rings. The molecule has 168 valence electrons. The molecular formula is C25H25N5O3. The molecule has 8 nitrogen and oxygen atoms in total. The van der Waals surface area contributed by atoms with E-state index in [9.17, 15) is 14.4 Å². The highest BCUT2D eigenvalue weighted by molar-refractivity contribution is 6.27. The second kappa shape index (κ2) is 7.81. The van der Waals surface area contributed by atoms with Crippen molar-refractivity contribution in [2.45, 2.75) is 44.2 Å². The molecule has 0 aliphatic carbocycles. The van der Waals surface area contributed by atoms with E-state index in [0.717, 1.165) is 59.9 Å². The predicted molar refractivity (Wildman–Crippen MR) is 123 cm³/mol. The number of piperidine rings is 2. The normalized spacial score (nSPS) is 21.2. The van der Waals surface area contributed by atoms with E-state index in [2.05, 4.69) is 26.6 Å². The van der Waals surface area contributed by atoms with Crippen molar-refractivity contribution < 1.29 is 14.4 Å². The summed E-state index contributed by atoms with van der Waals surface area (Å²) in [5, 5.41) is 12.3. The largest absolute Gasteiger partial charge is 0.317 e. The summed E-state index contributed by atoms with van der Waals surface area (Å²) < 4.78 is 2.09. The lowest BCUT2D eigenvalue weighted by molar-refractivity contribution is -0.134. The fourth-order valence-corrected chi connectivity index (χ4v) is 5.42. The molecule has 3 aliphatic rings. The maximum Gasteiger partial charge on any atom is 0.259 e. The molecular weight excluding hydrogens is 418 g/mol.